The van der Waals surface area contributed by atoms with E-state index in [2.05, 4.69) is 20.8 Å². The topological polar surface area (TPSA) is 79.6 Å². The van der Waals surface area contributed by atoms with Crippen molar-refractivity contribution in [2.75, 3.05) is 6.61 Å². The van der Waals surface area contributed by atoms with Crippen molar-refractivity contribution in [1.82, 2.24) is 0 Å². The highest BCUT2D eigenvalue weighted by molar-refractivity contribution is 5.77. The van der Waals surface area contributed by atoms with Gasteiger partial charge in [-0.3, -0.25) is 0 Å². The number of benzene rings is 1. The molecule has 29 heavy (non-hydrogen) atoms. The van der Waals surface area contributed by atoms with Crippen LogP contribution in [0.1, 0.15) is 53.4 Å². The zero-order valence-corrected chi connectivity index (χ0v) is 17.6. The van der Waals surface area contributed by atoms with Crippen LogP contribution in [-0.4, -0.2) is 12.6 Å². The van der Waals surface area contributed by atoms with Gasteiger partial charge < -0.3 is 19.1 Å². The number of hydrogen-bond acceptors (Lipinski definition) is 5. The second-order valence-electron chi connectivity index (χ2n) is 8.60. The molecule has 1 heterocycles. The molecular formula is C24H29O5-. The molecule has 0 aliphatic heterocycles. The molecule has 5 nitrogen and oxygen atoms in total. The van der Waals surface area contributed by atoms with Gasteiger partial charge in [0.2, 0.25) is 0 Å². The van der Waals surface area contributed by atoms with Crippen molar-refractivity contribution in [3.05, 3.63) is 51.9 Å². The maximum absolute atomic E-state index is 11.5. The maximum Gasteiger partial charge on any atom is 0.336 e. The van der Waals surface area contributed by atoms with Crippen LogP contribution in [0.5, 0.6) is 5.75 Å². The molecule has 0 N–H and O–H groups in total. The molecule has 0 unspecified atom stereocenters. The minimum absolute atomic E-state index is 0.0416. The fourth-order valence-electron chi connectivity index (χ4n) is 4.53. The van der Waals surface area contributed by atoms with Gasteiger partial charge in [0, 0.05) is 28.9 Å². The van der Waals surface area contributed by atoms with Crippen LogP contribution in [0.4, 0.5) is 0 Å². The van der Waals surface area contributed by atoms with Gasteiger partial charge in [0.1, 0.15) is 11.3 Å². The molecule has 1 saturated carbocycles. The van der Waals surface area contributed by atoms with E-state index in [1.165, 1.54) is 11.6 Å². The van der Waals surface area contributed by atoms with Crippen LogP contribution < -0.4 is 15.5 Å². The number of fused-ring (bicyclic) bond motifs is 1. The standard InChI is InChI=1S/C24H30O5/c1-15-5-10-20(16(2)6-11-22(25)26)24(4,17(15)3)14-28-19-9-7-18-8-12-23(27)29-21(18)13-19/h7-9,12-13,15,17H,5-6,10-11,14H2,1-4H3,(H,25,26)/p-1/t15-,17+,24+/m0/s1. The molecule has 5 heteroatoms. The van der Waals surface area contributed by atoms with Crippen LogP contribution in [0, 0.1) is 17.3 Å². The molecule has 3 atom stereocenters. The summed E-state index contributed by atoms with van der Waals surface area (Å²) in [6, 6.07) is 8.66. The normalized spacial score (nSPS) is 26.3. The molecule has 1 aliphatic carbocycles. The Bertz CT molecular complexity index is 986. The van der Waals surface area contributed by atoms with Crippen LogP contribution in [0.25, 0.3) is 11.0 Å². The van der Waals surface area contributed by atoms with Gasteiger partial charge in [-0.15, -0.1) is 0 Å². The summed E-state index contributed by atoms with van der Waals surface area (Å²) >= 11 is 0. The van der Waals surface area contributed by atoms with E-state index in [0.717, 1.165) is 23.8 Å². The molecule has 0 saturated heterocycles. The molecule has 0 bridgehead atoms. The predicted molar refractivity (Wildman–Crippen MR) is 111 cm³/mol. The number of allylic oxidation sites excluding steroid dienone is 1. The molecule has 1 aromatic heterocycles. The Labute approximate surface area is 171 Å². The van der Waals surface area contributed by atoms with E-state index < -0.39 is 5.97 Å². The minimum Gasteiger partial charge on any atom is -0.550 e. The lowest BCUT2D eigenvalue weighted by atomic mass is 9.60. The summed E-state index contributed by atoms with van der Waals surface area (Å²) < 4.78 is 11.5. The molecule has 0 amide bonds. The zero-order chi connectivity index (χ0) is 21.2. The third kappa shape index (κ3) is 4.55. The number of aliphatic carboxylic acids is 1. The van der Waals surface area contributed by atoms with Gasteiger partial charge in [0.15, 0.2) is 0 Å². The van der Waals surface area contributed by atoms with Crippen molar-refractivity contribution in [3.8, 4) is 5.75 Å². The zero-order valence-electron chi connectivity index (χ0n) is 17.6. The highest BCUT2D eigenvalue weighted by Crippen LogP contribution is 2.49. The summed E-state index contributed by atoms with van der Waals surface area (Å²) in [5.41, 5.74) is 2.36. The first-order valence-electron chi connectivity index (χ1n) is 10.3. The molecule has 3 rings (SSSR count). The van der Waals surface area contributed by atoms with Crippen molar-refractivity contribution in [3.63, 3.8) is 0 Å². The van der Waals surface area contributed by atoms with Crippen molar-refractivity contribution in [1.29, 1.82) is 0 Å². The van der Waals surface area contributed by atoms with E-state index in [0.29, 0.717) is 36.2 Å². The van der Waals surface area contributed by atoms with Gasteiger partial charge in [-0.25, -0.2) is 4.79 Å². The lowest BCUT2D eigenvalue weighted by Gasteiger charge is -2.46. The third-order valence-electron chi connectivity index (χ3n) is 6.75. The Balaban J connectivity index is 1.87. The van der Waals surface area contributed by atoms with E-state index in [9.17, 15) is 14.7 Å². The Kier molecular flexibility index (Phi) is 6.15. The van der Waals surface area contributed by atoms with Crippen molar-refractivity contribution >= 4 is 16.9 Å². The Morgan fingerprint density at radius 3 is 2.69 bits per heavy atom. The lowest BCUT2D eigenvalue weighted by Crippen LogP contribution is -2.41. The van der Waals surface area contributed by atoms with Crippen LogP contribution >= 0.6 is 0 Å². The number of carbonyl (C=O) groups is 1. The van der Waals surface area contributed by atoms with Crippen molar-refractivity contribution < 1.29 is 19.1 Å². The summed E-state index contributed by atoms with van der Waals surface area (Å²) in [5, 5.41) is 11.8. The fourth-order valence-corrected chi connectivity index (χ4v) is 4.53. The number of carboxylic acid groups (broad SMARTS) is 1. The average Bonchev–Trinajstić information content (AvgIpc) is 2.68. The monoisotopic (exact) mass is 397 g/mol. The van der Waals surface area contributed by atoms with Crippen LogP contribution in [0.15, 0.2) is 50.7 Å². The second-order valence-corrected chi connectivity index (χ2v) is 8.60. The van der Waals surface area contributed by atoms with E-state index >= 15 is 0 Å². The minimum atomic E-state index is -1.02. The maximum atomic E-state index is 11.5. The molecule has 1 aliphatic rings. The lowest BCUT2D eigenvalue weighted by molar-refractivity contribution is -0.305. The summed E-state index contributed by atoms with van der Waals surface area (Å²) in [6.45, 7) is 9.24. The molecule has 156 valence electrons. The van der Waals surface area contributed by atoms with Gasteiger partial charge in [-0.05, 0) is 62.6 Å². The first-order chi connectivity index (χ1) is 13.7. The van der Waals surface area contributed by atoms with Crippen molar-refractivity contribution in [2.45, 2.75) is 53.4 Å². The highest BCUT2D eigenvalue weighted by atomic mass is 16.5. The summed E-state index contributed by atoms with van der Waals surface area (Å²) in [4.78, 5) is 22.4. The third-order valence-corrected chi connectivity index (χ3v) is 6.75. The van der Waals surface area contributed by atoms with E-state index in [-0.39, 0.29) is 17.5 Å². The van der Waals surface area contributed by atoms with Crippen LogP contribution in [-0.2, 0) is 4.79 Å². The largest absolute Gasteiger partial charge is 0.550 e. The number of carbonyl (C=O) groups excluding carboxylic acids is 1. The highest BCUT2D eigenvalue weighted by Gasteiger charge is 2.42. The van der Waals surface area contributed by atoms with E-state index in [1.807, 2.05) is 19.1 Å². The van der Waals surface area contributed by atoms with Gasteiger partial charge in [-0.2, -0.15) is 0 Å². The Morgan fingerprint density at radius 1 is 1.24 bits per heavy atom. The molecule has 1 fully saturated rings. The van der Waals surface area contributed by atoms with Gasteiger partial charge >= 0.3 is 5.63 Å². The number of rotatable bonds is 6. The summed E-state index contributed by atoms with van der Waals surface area (Å²) in [6.07, 6.45) is 2.60. The van der Waals surface area contributed by atoms with Crippen LogP contribution in [0.2, 0.25) is 0 Å². The molecule has 0 radical (unpaired) electrons. The molecule has 2 aromatic rings. The second kappa shape index (κ2) is 8.44. The quantitative estimate of drug-likeness (QED) is 0.542. The molecule has 1 aromatic carbocycles. The summed E-state index contributed by atoms with van der Waals surface area (Å²) in [7, 11) is 0. The SMILES string of the molecule is CC(CCC(=O)[O-])=C1CC[C@H](C)[C@@H](C)[C@@]1(C)COc1ccc2ccc(=O)oc2c1. The number of carboxylic acids is 1. The van der Waals surface area contributed by atoms with Crippen LogP contribution in [0.3, 0.4) is 0 Å². The smallest absolute Gasteiger partial charge is 0.336 e. The number of hydrogen-bond donors (Lipinski definition) is 0. The summed E-state index contributed by atoms with van der Waals surface area (Å²) in [5.74, 6) is 0.585. The first-order valence-corrected chi connectivity index (χ1v) is 10.3. The van der Waals surface area contributed by atoms with Gasteiger partial charge in [-0.1, -0.05) is 31.9 Å². The van der Waals surface area contributed by atoms with E-state index in [1.54, 1.807) is 12.1 Å². The first kappa shape index (κ1) is 21.2. The Morgan fingerprint density at radius 2 is 1.97 bits per heavy atom. The fraction of sp³-hybridized carbons (Fsp3) is 0.500. The number of ether oxygens (including phenoxy) is 1. The van der Waals surface area contributed by atoms with Crippen molar-refractivity contribution in [2.24, 2.45) is 17.3 Å². The average molecular weight is 397 g/mol. The van der Waals surface area contributed by atoms with E-state index in [4.69, 9.17) is 9.15 Å². The predicted octanol–water partition coefficient (Wildman–Crippen LogP) is 4.09. The molecular weight excluding hydrogens is 368 g/mol. The molecule has 0 spiro atoms. The van der Waals surface area contributed by atoms with Gasteiger partial charge in [0.05, 0.1) is 6.61 Å². The van der Waals surface area contributed by atoms with Gasteiger partial charge in [0.25, 0.3) is 0 Å². The Hall–Kier alpha value is -2.56.